The van der Waals surface area contributed by atoms with E-state index >= 15 is 0 Å². The summed E-state index contributed by atoms with van der Waals surface area (Å²) in [5.74, 6) is -1.22. The standard InChI is InChI=1S/C30H42Cl2N4O4/c1-5-9-36(10-6-2)29(38)22-14-21(28(34)37)15-23(16-22)30(39)40-27(18-35-8-7-19(3)4)26(33)13-20-11-24(31)17-25(32)12-20/h11-12,14-17,19,26-27,35H,5-10,13,18,33H2,1-4H3,(H2,34,37)/t26-,27+/m0/s1. The van der Waals surface area contributed by atoms with Crippen LogP contribution in [0.4, 0.5) is 0 Å². The Bertz CT molecular complexity index is 1130. The smallest absolute Gasteiger partial charge is 0.338 e. The maximum atomic E-state index is 13.4. The monoisotopic (exact) mass is 592 g/mol. The van der Waals surface area contributed by atoms with E-state index < -0.39 is 24.0 Å². The van der Waals surface area contributed by atoms with Crippen LogP contribution in [0.2, 0.25) is 10.0 Å². The van der Waals surface area contributed by atoms with E-state index in [4.69, 9.17) is 39.4 Å². The fraction of sp³-hybridized carbons (Fsp3) is 0.500. The molecule has 0 unspecified atom stereocenters. The number of halogens is 2. The fourth-order valence-corrected chi connectivity index (χ4v) is 4.87. The van der Waals surface area contributed by atoms with Gasteiger partial charge in [0, 0.05) is 46.8 Å². The van der Waals surface area contributed by atoms with Crippen LogP contribution in [0, 0.1) is 5.92 Å². The van der Waals surface area contributed by atoms with Gasteiger partial charge >= 0.3 is 5.97 Å². The number of esters is 1. The molecule has 0 saturated heterocycles. The molecule has 0 bridgehead atoms. The van der Waals surface area contributed by atoms with Gasteiger partial charge in [-0.2, -0.15) is 0 Å². The number of ether oxygens (including phenoxy) is 1. The van der Waals surface area contributed by atoms with Gasteiger partial charge in [0.05, 0.1) is 5.56 Å². The number of amides is 2. The average molecular weight is 594 g/mol. The van der Waals surface area contributed by atoms with Crippen molar-refractivity contribution in [3.05, 3.63) is 68.7 Å². The summed E-state index contributed by atoms with van der Waals surface area (Å²) in [4.78, 5) is 40.5. The zero-order valence-corrected chi connectivity index (χ0v) is 25.4. The van der Waals surface area contributed by atoms with E-state index in [0.29, 0.717) is 42.0 Å². The zero-order chi connectivity index (χ0) is 29.8. The van der Waals surface area contributed by atoms with Gasteiger partial charge < -0.3 is 26.4 Å². The summed E-state index contributed by atoms with van der Waals surface area (Å²) in [7, 11) is 0. The van der Waals surface area contributed by atoms with Crippen molar-refractivity contribution in [2.24, 2.45) is 17.4 Å². The summed E-state index contributed by atoms with van der Waals surface area (Å²) in [6.07, 6.45) is 2.13. The van der Waals surface area contributed by atoms with E-state index in [-0.39, 0.29) is 22.6 Å². The Balaban J connectivity index is 2.34. The van der Waals surface area contributed by atoms with Crippen molar-refractivity contribution in [3.8, 4) is 0 Å². The Labute approximate surface area is 247 Å². The van der Waals surface area contributed by atoms with Crippen LogP contribution in [0.3, 0.4) is 0 Å². The van der Waals surface area contributed by atoms with Crippen molar-refractivity contribution < 1.29 is 19.1 Å². The third-order valence-electron chi connectivity index (χ3n) is 6.35. The van der Waals surface area contributed by atoms with Crippen LogP contribution in [-0.4, -0.2) is 61.0 Å². The van der Waals surface area contributed by atoms with Gasteiger partial charge in [0.15, 0.2) is 0 Å². The van der Waals surface area contributed by atoms with Crippen molar-refractivity contribution in [1.82, 2.24) is 10.2 Å². The molecule has 0 aliphatic rings. The lowest BCUT2D eigenvalue weighted by molar-refractivity contribution is 0.0238. The first-order valence-corrected chi connectivity index (χ1v) is 14.6. The minimum absolute atomic E-state index is 0.0511. The van der Waals surface area contributed by atoms with Crippen LogP contribution in [0.15, 0.2) is 36.4 Å². The number of carbonyl (C=O) groups is 3. The minimum Gasteiger partial charge on any atom is -0.456 e. The highest BCUT2D eigenvalue weighted by Crippen LogP contribution is 2.21. The number of benzene rings is 2. The van der Waals surface area contributed by atoms with Gasteiger partial charge in [0.25, 0.3) is 5.91 Å². The molecule has 220 valence electrons. The molecule has 0 aromatic heterocycles. The van der Waals surface area contributed by atoms with Crippen molar-refractivity contribution in [1.29, 1.82) is 0 Å². The first-order chi connectivity index (χ1) is 18.9. The lowest BCUT2D eigenvalue weighted by Crippen LogP contribution is -2.46. The molecular formula is C30H42Cl2N4O4. The second-order valence-corrected chi connectivity index (χ2v) is 11.3. The molecule has 8 nitrogen and oxygen atoms in total. The number of rotatable bonds is 16. The van der Waals surface area contributed by atoms with Gasteiger partial charge in [0.2, 0.25) is 5.91 Å². The van der Waals surface area contributed by atoms with Crippen LogP contribution in [0.25, 0.3) is 0 Å². The van der Waals surface area contributed by atoms with Gasteiger partial charge in [-0.3, -0.25) is 9.59 Å². The van der Waals surface area contributed by atoms with Crippen molar-refractivity contribution >= 4 is 41.0 Å². The molecule has 0 saturated carbocycles. The average Bonchev–Trinajstić information content (AvgIpc) is 2.88. The molecule has 2 aromatic rings. The zero-order valence-electron chi connectivity index (χ0n) is 23.8. The van der Waals surface area contributed by atoms with E-state index in [9.17, 15) is 14.4 Å². The van der Waals surface area contributed by atoms with Crippen LogP contribution in [-0.2, 0) is 11.2 Å². The fourth-order valence-electron chi connectivity index (χ4n) is 4.30. The van der Waals surface area contributed by atoms with E-state index in [1.807, 2.05) is 13.8 Å². The van der Waals surface area contributed by atoms with Crippen molar-refractivity contribution in [2.75, 3.05) is 26.2 Å². The molecule has 10 heteroatoms. The normalized spacial score (nSPS) is 12.7. The molecule has 0 aliphatic heterocycles. The largest absolute Gasteiger partial charge is 0.456 e. The number of nitrogens with two attached hydrogens (primary N) is 2. The first-order valence-electron chi connectivity index (χ1n) is 13.8. The summed E-state index contributed by atoms with van der Waals surface area (Å²) in [6, 6.07) is 8.79. The third-order valence-corrected chi connectivity index (χ3v) is 6.78. The van der Waals surface area contributed by atoms with Gasteiger partial charge in [-0.1, -0.05) is 50.9 Å². The highest BCUT2D eigenvalue weighted by atomic mass is 35.5. The molecule has 2 atom stereocenters. The second-order valence-electron chi connectivity index (χ2n) is 10.4. The summed E-state index contributed by atoms with van der Waals surface area (Å²) >= 11 is 12.3. The maximum Gasteiger partial charge on any atom is 0.338 e. The predicted octanol–water partition coefficient (Wildman–Crippen LogP) is 5.09. The van der Waals surface area contributed by atoms with E-state index in [1.54, 1.807) is 23.1 Å². The number of hydrogen-bond donors (Lipinski definition) is 3. The summed E-state index contributed by atoms with van der Waals surface area (Å²) in [6.45, 7) is 10.4. The molecule has 0 aliphatic carbocycles. The Kier molecular flexibility index (Phi) is 13.9. The summed E-state index contributed by atoms with van der Waals surface area (Å²) < 4.78 is 5.89. The maximum absolute atomic E-state index is 13.4. The molecule has 0 fully saturated rings. The molecule has 0 radical (unpaired) electrons. The lowest BCUT2D eigenvalue weighted by Gasteiger charge is -2.25. The van der Waals surface area contributed by atoms with E-state index in [1.165, 1.54) is 18.2 Å². The predicted molar refractivity (Wildman–Crippen MR) is 161 cm³/mol. The molecule has 5 N–H and O–H groups in total. The summed E-state index contributed by atoms with van der Waals surface area (Å²) in [5, 5.41) is 4.29. The highest BCUT2D eigenvalue weighted by Gasteiger charge is 2.25. The van der Waals surface area contributed by atoms with Gasteiger partial charge in [0.1, 0.15) is 6.10 Å². The molecule has 2 rings (SSSR count). The van der Waals surface area contributed by atoms with Crippen LogP contribution in [0.5, 0.6) is 0 Å². The Hall–Kier alpha value is -2.65. The number of primary amides is 1. The van der Waals surface area contributed by atoms with E-state index in [2.05, 4.69) is 19.2 Å². The Morgan fingerprint density at radius 3 is 2.05 bits per heavy atom. The quantitative estimate of drug-likeness (QED) is 0.184. The number of nitrogens with zero attached hydrogens (tertiary/aromatic N) is 1. The second kappa shape index (κ2) is 16.6. The molecule has 0 spiro atoms. The minimum atomic E-state index is -0.748. The molecule has 2 aromatic carbocycles. The third kappa shape index (κ3) is 10.7. The van der Waals surface area contributed by atoms with Crippen molar-refractivity contribution in [2.45, 2.75) is 65.5 Å². The highest BCUT2D eigenvalue weighted by molar-refractivity contribution is 6.34. The summed E-state index contributed by atoms with van der Waals surface area (Å²) in [5.41, 5.74) is 13.2. The lowest BCUT2D eigenvalue weighted by atomic mass is 10.0. The Morgan fingerprint density at radius 1 is 0.925 bits per heavy atom. The van der Waals surface area contributed by atoms with Gasteiger partial charge in [-0.15, -0.1) is 0 Å². The SMILES string of the molecule is CCCN(CCC)C(=O)c1cc(C(N)=O)cc(C(=O)O[C@H](CNCCC(C)C)[C@@H](N)Cc2cc(Cl)cc(Cl)c2)c1. The topological polar surface area (TPSA) is 128 Å². The van der Waals surface area contributed by atoms with Crippen LogP contribution in [0.1, 0.15) is 83.6 Å². The van der Waals surface area contributed by atoms with Gasteiger partial charge in [-0.25, -0.2) is 4.79 Å². The van der Waals surface area contributed by atoms with Gasteiger partial charge in [-0.05, 0) is 80.1 Å². The van der Waals surface area contributed by atoms with Crippen molar-refractivity contribution in [3.63, 3.8) is 0 Å². The van der Waals surface area contributed by atoms with Crippen LogP contribution >= 0.6 is 23.2 Å². The first kappa shape index (κ1) is 33.6. The number of hydrogen-bond acceptors (Lipinski definition) is 6. The molecular weight excluding hydrogens is 551 g/mol. The number of carbonyl (C=O) groups excluding carboxylic acids is 3. The van der Waals surface area contributed by atoms with E-state index in [0.717, 1.165) is 31.4 Å². The Morgan fingerprint density at radius 2 is 1.50 bits per heavy atom. The molecule has 2 amide bonds. The molecule has 0 heterocycles. The number of nitrogens with one attached hydrogen (secondary N) is 1. The molecule has 40 heavy (non-hydrogen) atoms. The van der Waals surface area contributed by atoms with Crippen LogP contribution < -0.4 is 16.8 Å².